The number of benzene rings is 2. The third-order valence-corrected chi connectivity index (χ3v) is 5.87. The van der Waals surface area contributed by atoms with Crippen LogP contribution in [-0.4, -0.2) is 17.1 Å². The van der Waals surface area contributed by atoms with E-state index in [-0.39, 0.29) is 11.7 Å². The van der Waals surface area contributed by atoms with Gasteiger partial charge in [-0.25, -0.2) is 9.37 Å². The largest absolute Gasteiger partial charge is 0.322 e. The fourth-order valence-electron chi connectivity index (χ4n) is 1.94. The first-order chi connectivity index (χ1) is 10.6. The van der Waals surface area contributed by atoms with E-state index in [0.717, 1.165) is 14.6 Å². The van der Waals surface area contributed by atoms with E-state index in [2.05, 4.69) is 10.3 Å². The first-order valence-electron chi connectivity index (χ1n) is 6.28. The van der Waals surface area contributed by atoms with Crippen LogP contribution in [0.25, 0.3) is 10.2 Å². The molecule has 22 heavy (non-hydrogen) atoms. The van der Waals surface area contributed by atoms with E-state index in [0.29, 0.717) is 14.8 Å². The summed E-state index contributed by atoms with van der Waals surface area (Å²) in [5.41, 5.74) is 2.08. The van der Waals surface area contributed by atoms with E-state index in [1.807, 2.05) is 47.0 Å². The Morgan fingerprint density at radius 3 is 2.86 bits per heavy atom. The van der Waals surface area contributed by atoms with Crippen LogP contribution >= 0.6 is 45.7 Å². The van der Waals surface area contributed by atoms with E-state index in [9.17, 15) is 9.18 Å². The number of amides is 1. The van der Waals surface area contributed by atoms with Crippen LogP contribution < -0.4 is 5.32 Å². The number of rotatable bonds is 3. The smallest absolute Gasteiger partial charge is 0.256 e. The van der Waals surface area contributed by atoms with Gasteiger partial charge in [0.1, 0.15) is 5.82 Å². The molecule has 3 nitrogen and oxygen atoms in total. The van der Waals surface area contributed by atoms with Gasteiger partial charge in [-0.2, -0.15) is 0 Å². The van der Waals surface area contributed by atoms with Gasteiger partial charge in [-0.05, 0) is 65.2 Å². The molecule has 7 heteroatoms. The molecule has 0 radical (unpaired) electrons. The minimum Gasteiger partial charge on any atom is -0.322 e. The van der Waals surface area contributed by atoms with Crippen molar-refractivity contribution < 1.29 is 9.18 Å². The fourth-order valence-corrected chi connectivity index (χ4v) is 4.19. The van der Waals surface area contributed by atoms with Crippen molar-refractivity contribution in [1.29, 1.82) is 0 Å². The number of thioether (sulfide) groups is 1. The van der Waals surface area contributed by atoms with Crippen LogP contribution in [0.2, 0.25) is 0 Å². The molecule has 3 aromatic rings. The Hall–Kier alpha value is -1.19. The maximum Gasteiger partial charge on any atom is 0.256 e. The molecular weight excluding hydrogens is 434 g/mol. The molecule has 0 spiro atoms. The summed E-state index contributed by atoms with van der Waals surface area (Å²) >= 11 is 5.14. The molecule has 1 amide bonds. The molecule has 0 atom stereocenters. The molecule has 0 saturated heterocycles. The number of carbonyl (C=O) groups is 1. The van der Waals surface area contributed by atoms with Crippen molar-refractivity contribution in [2.24, 2.45) is 0 Å². The molecule has 0 saturated carbocycles. The maximum atomic E-state index is 13.1. The number of aromatic nitrogens is 1. The van der Waals surface area contributed by atoms with Gasteiger partial charge in [0.2, 0.25) is 0 Å². The van der Waals surface area contributed by atoms with E-state index < -0.39 is 0 Å². The summed E-state index contributed by atoms with van der Waals surface area (Å²) in [6.45, 7) is 0. The van der Waals surface area contributed by atoms with Crippen molar-refractivity contribution in [3.05, 3.63) is 51.3 Å². The standard InChI is InChI=1S/C15H10FIN2OS2/c1-21-15-19-12-5-3-9(7-13(12)22-15)18-14(20)10-4-2-8(16)6-11(10)17/h2-7H,1H3,(H,18,20). The molecule has 0 aliphatic heterocycles. The second kappa shape index (κ2) is 6.51. The Balaban J connectivity index is 1.87. The molecule has 0 aliphatic carbocycles. The van der Waals surface area contributed by atoms with Gasteiger partial charge < -0.3 is 5.32 Å². The highest BCUT2D eigenvalue weighted by molar-refractivity contribution is 14.1. The Labute approximate surface area is 148 Å². The van der Waals surface area contributed by atoms with Crippen LogP contribution in [-0.2, 0) is 0 Å². The van der Waals surface area contributed by atoms with Gasteiger partial charge in [-0.1, -0.05) is 11.8 Å². The first kappa shape index (κ1) is 15.7. The van der Waals surface area contributed by atoms with Crippen LogP contribution in [0.1, 0.15) is 10.4 Å². The minimum atomic E-state index is -0.350. The number of halogens is 2. The zero-order chi connectivity index (χ0) is 15.7. The van der Waals surface area contributed by atoms with Gasteiger partial charge in [0.05, 0.1) is 15.8 Å². The molecule has 1 heterocycles. The van der Waals surface area contributed by atoms with Gasteiger partial charge in [0, 0.05) is 9.26 Å². The molecule has 1 N–H and O–H groups in total. The van der Waals surface area contributed by atoms with Crippen LogP contribution in [0.15, 0.2) is 40.7 Å². The Morgan fingerprint density at radius 1 is 1.32 bits per heavy atom. The molecule has 2 aromatic carbocycles. The van der Waals surface area contributed by atoms with Crippen molar-refractivity contribution >= 4 is 67.5 Å². The lowest BCUT2D eigenvalue weighted by Gasteiger charge is -2.07. The summed E-state index contributed by atoms with van der Waals surface area (Å²) in [4.78, 5) is 16.7. The SMILES string of the molecule is CSc1nc2ccc(NC(=O)c3ccc(F)cc3I)cc2s1. The summed E-state index contributed by atoms with van der Waals surface area (Å²) in [6.07, 6.45) is 1.98. The predicted molar refractivity (Wildman–Crippen MR) is 98.5 cm³/mol. The lowest BCUT2D eigenvalue weighted by Crippen LogP contribution is -2.13. The Bertz CT molecular complexity index is 866. The highest BCUT2D eigenvalue weighted by Crippen LogP contribution is 2.30. The average molecular weight is 444 g/mol. The average Bonchev–Trinajstić information content (AvgIpc) is 2.89. The summed E-state index contributed by atoms with van der Waals surface area (Å²) in [5.74, 6) is -0.602. The topological polar surface area (TPSA) is 42.0 Å². The number of fused-ring (bicyclic) bond motifs is 1. The number of nitrogens with one attached hydrogen (secondary N) is 1. The summed E-state index contributed by atoms with van der Waals surface area (Å²) in [5, 5.41) is 2.84. The van der Waals surface area contributed by atoms with Crippen molar-refractivity contribution in [3.63, 3.8) is 0 Å². The van der Waals surface area contributed by atoms with E-state index in [1.54, 1.807) is 23.1 Å². The second-order valence-electron chi connectivity index (χ2n) is 4.44. The second-order valence-corrected chi connectivity index (χ2v) is 7.69. The highest BCUT2D eigenvalue weighted by atomic mass is 127. The molecule has 0 bridgehead atoms. The van der Waals surface area contributed by atoms with Gasteiger partial charge in [0.25, 0.3) is 5.91 Å². The molecular formula is C15H10FIN2OS2. The number of thiazole rings is 1. The first-order valence-corrected chi connectivity index (χ1v) is 9.40. The molecule has 0 unspecified atom stereocenters. The lowest BCUT2D eigenvalue weighted by molar-refractivity contribution is 0.102. The van der Waals surface area contributed by atoms with Gasteiger partial charge >= 0.3 is 0 Å². The normalized spacial score (nSPS) is 10.9. The molecule has 0 aliphatic rings. The number of nitrogens with zero attached hydrogens (tertiary/aromatic N) is 1. The van der Waals surface area contributed by atoms with Gasteiger partial charge in [-0.3, -0.25) is 4.79 Å². The van der Waals surface area contributed by atoms with Crippen molar-refractivity contribution in [3.8, 4) is 0 Å². The molecule has 3 rings (SSSR count). The third-order valence-electron chi connectivity index (χ3n) is 2.98. The monoisotopic (exact) mass is 444 g/mol. The van der Waals surface area contributed by atoms with Crippen molar-refractivity contribution in [2.45, 2.75) is 4.34 Å². The molecule has 0 fully saturated rings. The van der Waals surface area contributed by atoms with E-state index >= 15 is 0 Å². The van der Waals surface area contributed by atoms with Crippen LogP contribution in [0.4, 0.5) is 10.1 Å². The zero-order valence-corrected chi connectivity index (χ0v) is 15.2. The quantitative estimate of drug-likeness (QED) is 0.456. The van der Waals surface area contributed by atoms with E-state index in [1.165, 1.54) is 18.2 Å². The van der Waals surface area contributed by atoms with Gasteiger partial charge in [-0.15, -0.1) is 11.3 Å². The minimum absolute atomic E-state index is 0.252. The number of anilines is 1. The van der Waals surface area contributed by atoms with Crippen LogP contribution in [0.3, 0.4) is 0 Å². The number of carbonyl (C=O) groups excluding carboxylic acids is 1. The van der Waals surface area contributed by atoms with Crippen LogP contribution in [0.5, 0.6) is 0 Å². The number of hydrogen-bond donors (Lipinski definition) is 1. The molecule has 1 aromatic heterocycles. The van der Waals surface area contributed by atoms with E-state index in [4.69, 9.17) is 0 Å². The zero-order valence-electron chi connectivity index (χ0n) is 11.4. The predicted octanol–water partition coefficient (Wildman–Crippen LogP) is 5.01. The van der Waals surface area contributed by atoms with Crippen LogP contribution in [0, 0.1) is 9.39 Å². The summed E-state index contributed by atoms with van der Waals surface area (Å²) in [7, 11) is 0. The maximum absolute atomic E-state index is 13.1. The Kier molecular flexibility index (Phi) is 4.65. The summed E-state index contributed by atoms with van der Waals surface area (Å²) < 4.78 is 15.7. The number of hydrogen-bond acceptors (Lipinski definition) is 4. The fraction of sp³-hybridized carbons (Fsp3) is 0.0667. The van der Waals surface area contributed by atoms with Crippen molar-refractivity contribution in [2.75, 3.05) is 11.6 Å². The third kappa shape index (κ3) is 3.26. The Morgan fingerprint density at radius 2 is 2.14 bits per heavy atom. The summed E-state index contributed by atoms with van der Waals surface area (Å²) in [6, 6.07) is 9.72. The highest BCUT2D eigenvalue weighted by Gasteiger charge is 2.12. The van der Waals surface area contributed by atoms with Crippen molar-refractivity contribution in [1.82, 2.24) is 4.98 Å². The lowest BCUT2D eigenvalue weighted by atomic mass is 10.2. The van der Waals surface area contributed by atoms with Gasteiger partial charge in [0.15, 0.2) is 4.34 Å². The molecule has 112 valence electrons.